The molecule has 0 aliphatic heterocycles. The third kappa shape index (κ3) is 3.60. The number of aryl methyl sites for hydroxylation is 1. The van der Waals surface area contributed by atoms with Gasteiger partial charge in [0, 0.05) is 0 Å². The van der Waals surface area contributed by atoms with Crippen LogP contribution < -0.4 is 9.86 Å². The Morgan fingerprint density at radius 2 is 1.62 bits per heavy atom. The summed E-state index contributed by atoms with van der Waals surface area (Å²) >= 11 is 0. The number of anilines is 1. The van der Waals surface area contributed by atoms with Crippen LogP contribution in [0.25, 0.3) is 0 Å². The first kappa shape index (κ1) is 15.5. The molecule has 0 saturated carbocycles. The summed E-state index contributed by atoms with van der Waals surface area (Å²) in [5, 5.41) is 5.02. The lowest BCUT2D eigenvalue weighted by molar-refractivity contribution is 0.596. The molecule has 0 spiro atoms. The van der Waals surface area contributed by atoms with E-state index < -0.39 is 20.0 Å². The summed E-state index contributed by atoms with van der Waals surface area (Å²) in [6.07, 6.45) is 0. The van der Waals surface area contributed by atoms with Crippen LogP contribution in [0.3, 0.4) is 0 Å². The van der Waals surface area contributed by atoms with E-state index in [9.17, 15) is 16.8 Å². The van der Waals surface area contributed by atoms with Crippen LogP contribution in [-0.2, 0) is 20.0 Å². The van der Waals surface area contributed by atoms with Crippen molar-refractivity contribution in [3.8, 4) is 0 Å². The van der Waals surface area contributed by atoms with Crippen molar-refractivity contribution in [2.45, 2.75) is 16.7 Å². The van der Waals surface area contributed by atoms with Gasteiger partial charge >= 0.3 is 0 Å². The summed E-state index contributed by atoms with van der Waals surface area (Å²) in [7, 11) is -7.68. The molecular formula is C13H14N2O4S2. The van der Waals surface area contributed by atoms with Crippen molar-refractivity contribution in [2.75, 3.05) is 4.72 Å². The molecule has 0 saturated heterocycles. The Morgan fingerprint density at radius 1 is 0.952 bits per heavy atom. The van der Waals surface area contributed by atoms with Gasteiger partial charge in [-0.2, -0.15) is 0 Å². The molecule has 0 aromatic heterocycles. The average Bonchev–Trinajstić information content (AvgIpc) is 2.37. The van der Waals surface area contributed by atoms with E-state index in [1.165, 1.54) is 30.3 Å². The lowest BCUT2D eigenvalue weighted by Crippen LogP contribution is -2.16. The number of rotatable bonds is 4. The lowest BCUT2D eigenvalue weighted by Gasteiger charge is -2.10. The van der Waals surface area contributed by atoms with Crippen LogP contribution in [0.4, 0.5) is 5.69 Å². The van der Waals surface area contributed by atoms with Crippen LogP contribution in [0.5, 0.6) is 0 Å². The molecule has 0 bridgehead atoms. The zero-order chi connectivity index (χ0) is 15.7. The third-order valence-corrected chi connectivity index (χ3v) is 5.25. The van der Waals surface area contributed by atoms with Crippen LogP contribution >= 0.6 is 0 Å². The number of hydrogen-bond acceptors (Lipinski definition) is 4. The molecule has 0 unspecified atom stereocenters. The van der Waals surface area contributed by atoms with Crippen molar-refractivity contribution in [3.63, 3.8) is 0 Å². The van der Waals surface area contributed by atoms with Gasteiger partial charge < -0.3 is 0 Å². The van der Waals surface area contributed by atoms with Crippen LogP contribution in [0.15, 0.2) is 58.3 Å². The minimum absolute atomic E-state index is 0.129. The monoisotopic (exact) mass is 326 g/mol. The van der Waals surface area contributed by atoms with E-state index in [1.54, 1.807) is 25.1 Å². The number of nitrogens with two attached hydrogens (primary N) is 1. The second kappa shape index (κ2) is 5.47. The Morgan fingerprint density at radius 3 is 2.24 bits per heavy atom. The molecule has 8 heteroatoms. The van der Waals surface area contributed by atoms with Gasteiger partial charge in [0.25, 0.3) is 10.0 Å². The molecular weight excluding hydrogens is 312 g/mol. The smallest absolute Gasteiger partial charge is 0.262 e. The van der Waals surface area contributed by atoms with Crippen molar-refractivity contribution in [3.05, 3.63) is 54.1 Å². The molecule has 6 nitrogen and oxygen atoms in total. The molecule has 0 heterocycles. The molecule has 2 aromatic rings. The first-order valence-corrected chi connectivity index (χ1v) is 8.94. The quantitative estimate of drug-likeness (QED) is 0.886. The Labute approximate surface area is 123 Å². The number of benzene rings is 2. The predicted molar refractivity (Wildman–Crippen MR) is 79.8 cm³/mol. The normalized spacial score (nSPS) is 12.1. The molecule has 3 N–H and O–H groups in total. The number of sulfonamides is 2. The highest BCUT2D eigenvalue weighted by molar-refractivity contribution is 7.92. The molecule has 0 atom stereocenters. The summed E-state index contributed by atoms with van der Waals surface area (Å²) < 4.78 is 49.5. The van der Waals surface area contributed by atoms with Gasteiger partial charge in [-0.1, -0.05) is 24.3 Å². The fraction of sp³-hybridized carbons (Fsp3) is 0.0769. The Kier molecular flexibility index (Phi) is 4.04. The summed E-state index contributed by atoms with van der Waals surface area (Å²) in [4.78, 5) is -0.0292. The van der Waals surface area contributed by atoms with E-state index in [2.05, 4.69) is 4.72 Å². The van der Waals surface area contributed by atoms with E-state index in [0.29, 0.717) is 5.56 Å². The van der Waals surface area contributed by atoms with Gasteiger partial charge in [-0.05, 0) is 36.8 Å². The molecule has 2 rings (SSSR count). The minimum atomic E-state index is -3.89. The van der Waals surface area contributed by atoms with Gasteiger partial charge in [0.2, 0.25) is 10.0 Å². The first-order chi connectivity index (χ1) is 9.70. The van der Waals surface area contributed by atoms with E-state index >= 15 is 0 Å². The predicted octanol–water partition coefficient (Wildman–Crippen LogP) is 1.44. The van der Waals surface area contributed by atoms with Crippen molar-refractivity contribution < 1.29 is 16.8 Å². The lowest BCUT2D eigenvalue weighted by atomic mass is 10.2. The van der Waals surface area contributed by atoms with Crippen LogP contribution in [0.1, 0.15) is 5.56 Å². The summed E-state index contributed by atoms with van der Waals surface area (Å²) in [5.41, 5.74) is 0.720. The van der Waals surface area contributed by atoms with Crippen molar-refractivity contribution in [1.82, 2.24) is 0 Å². The Hall–Kier alpha value is -1.90. The molecule has 21 heavy (non-hydrogen) atoms. The van der Waals surface area contributed by atoms with Crippen molar-refractivity contribution in [2.24, 2.45) is 5.14 Å². The SMILES string of the molecule is Cc1ccccc1S(=O)(=O)Nc1cccc(S(N)(=O)=O)c1. The highest BCUT2D eigenvalue weighted by Crippen LogP contribution is 2.20. The third-order valence-electron chi connectivity index (χ3n) is 2.80. The van der Waals surface area contributed by atoms with Crippen molar-refractivity contribution in [1.29, 1.82) is 0 Å². The minimum Gasteiger partial charge on any atom is -0.280 e. The zero-order valence-electron chi connectivity index (χ0n) is 11.1. The largest absolute Gasteiger partial charge is 0.280 e. The van der Waals surface area contributed by atoms with Gasteiger partial charge in [-0.25, -0.2) is 22.0 Å². The first-order valence-electron chi connectivity index (χ1n) is 5.91. The van der Waals surface area contributed by atoms with Gasteiger partial charge in [0.05, 0.1) is 15.5 Å². The Bertz CT molecular complexity index is 875. The second-order valence-corrected chi connectivity index (χ2v) is 7.66. The van der Waals surface area contributed by atoms with E-state index in [4.69, 9.17) is 5.14 Å². The van der Waals surface area contributed by atoms with Gasteiger partial charge in [0.15, 0.2) is 0 Å². The Balaban J connectivity index is 2.41. The van der Waals surface area contributed by atoms with Crippen LogP contribution in [-0.4, -0.2) is 16.8 Å². The zero-order valence-corrected chi connectivity index (χ0v) is 12.8. The van der Waals surface area contributed by atoms with E-state index in [0.717, 1.165) is 0 Å². The maximum absolute atomic E-state index is 12.3. The molecule has 0 fully saturated rings. The highest BCUT2D eigenvalue weighted by atomic mass is 32.2. The van der Waals surface area contributed by atoms with Gasteiger partial charge in [-0.3, -0.25) is 4.72 Å². The van der Waals surface area contributed by atoms with Gasteiger partial charge in [-0.15, -0.1) is 0 Å². The van der Waals surface area contributed by atoms with E-state index in [-0.39, 0.29) is 15.5 Å². The highest BCUT2D eigenvalue weighted by Gasteiger charge is 2.17. The van der Waals surface area contributed by atoms with Crippen LogP contribution in [0, 0.1) is 6.92 Å². The molecule has 0 amide bonds. The maximum Gasteiger partial charge on any atom is 0.262 e. The molecule has 112 valence electrons. The van der Waals surface area contributed by atoms with E-state index in [1.807, 2.05) is 0 Å². The molecule has 0 aliphatic rings. The van der Waals surface area contributed by atoms with Crippen LogP contribution in [0.2, 0.25) is 0 Å². The fourth-order valence-corrected chi connectivity index (χ4v) is 3.66. The maximum atomic E-state index is 12.3. The summed E-state index contributed by atoms with van der Waals surface area (Å²) in [6.45, 7) is 1.68. The standard InChI is InChI=1S/C13H14N2O4S2/c1-10-5-2-3-8-13(10)21(18,19)15-11-6-4-7-12(9-11)20(14,16)17/h2-9,15H,1H3,(H2,14,16,17). The van der Waals surface area contributed by atoms with Crippen molar-refractivity contribution >= 4 is 25.7 Å². The number of hydrogen-bond donors (Lipinski definition) is 2. The fourth-order valence-electron chi connectivity index (χ4n) is 1.80. The molecule has 0 aliphatic carbocycles. The molecule has 0 radical (unpaired) electrons. The summed E-state index contributed by atoms with van der Waals surface area (Å²) in [5.74, 6) is 0. The number of primary sulfonamides is 1. The second-order valence-electron chi connectivity index (χ2n) is 4.44. The summed E-state index contributed by atoms with van der Waals surface area (Å²) in [6, 6.07) is 11.8. The number of nitrogens with one attached hydrogen (secondary N) is 1. The van der Waals surface area contributed by atoms with Gasteiger partial charge in [0.1, 0.15) is 0 Å². The topological polar surface area (TPSA) is 106 Å². The molecule has 2 aromatic carbocycles. The average molecular weight is 326 g/mol.